The number of carbonyl (C=O) groups is 2. The maximum absolute atomic E-state index is 13.4. The fourth-order valence-electron chi connectivity index (χ4n) is 5.27. The fourth-order valence-corrected chi connectivity index (χ4v) is 6.08. The van der Waals surface area contributed by atoms with Crippen molar-refractivity contribution >= 4 is 22.9 Å². The van der Waals surface area contributed by atoms with Crippen molar-refractivity contribution in [2.24, 2.45) is 17.3 Å². The second kappa shape index (κ2) is 16.1. The van der Waals surface area contributed by atoms with E-state index >= 15 is 0 Å². The molecule has 1 aromatic rings. The van der Waals surface area contributed by atoms with Gasteiger partial charge in [-0.05, 0) is 48.8 Å². The minimum Gasteiger partial charge on any atom is -0.493 e. The summed E-state index contributed by atoms with van der Waals surface area (Å²) in [6.07, 6.45) is 7.04. The third-order valence-electron chi connectivity index (χ3n) is 7.51. The third kappa shape index (κ3) is 9.40. The Morgan fingerprint density at radius 2 is 1.78 bits per heavy atom. The average Bonchev–Trinajstić information content (AvgIpc) is 3.29. The molecule has 0 aliphatic carbocycles. The molecule has 0 radical (unpaired) electrons. The highest BCUT2D eigenvalue weighted by Gasteiger charge is 2.43. The standard InChI is InChI=1S/C29H48N2O5S/c1-21(2)29(22(3)4,27(32)30-19-24-20-37-28(33)31-24)15-10-8-7-9-12-23-13-14-25(35-6)26(18-23)36-17-11-16-34-5/h13-14,18,21-22,24H,7-12,15-17,19-20H2,1-6H3,(H,30,32)(H,31,33)/t24-/m1/s1. The minimum absolute atomic E-state index is 0.00121. The SMILES string of the molecule is COCCCOc1cc(CCCCCCC(C(=O)NC[C@@H]2CSC(=O)N2)(C(C)C)C(C)C)ccc1OC. The van der Waals surface area contributed by atoms with Crippen LogP contribution in [0.4, 0.5) is 4.79 Å². The molecular formula is C29H48N2O5S. The zero-order valence-corrected chi connectivity index (χ0v) is 24.5. The van der Waals surface area contributed by atoms with Gasteiger partial charge in [0.1, 0.15) is 0 Å². The monoisotopic (exact) mass is 536 g/mol. The van der Waals surface area contributed by atoms with Crippen molar-refractivity contribution < 1.29 is 23.8 Å². The van der Waals surface area contributed by atoms with E-state index < -0.39 is 5.41 Å². The van der Waals surface area contributed by atoms with Gasteiger partial charge in [-0.15, -0.1) is 0 Å². The number of benzene rings is 1. The van der Waals surface area contributed by atoms with E-state index in [-0.39, 0.29) is 29.0 Å². The van der Waals surface area contributed by atoms with Crippen LogP contribution >= 0.6 is 11.8 Å². The number of nitrogens with one attached hydrogen (secondary N) is 2. The zero-order chi connectivity index (χ0) is 27.3. The number of hydrogen-bond acceptors (Lipinski definition) is 6. The van der Waals surface area contributed by atoms with Gasteiger partial charge in [0.2, 0.25) is 5.91 Å². The fraction of sp³-hybridized carbons (Fsp3) is 0.724. The first-order valence-corrected chi connectivity index (χ1v) is 14.7. The molecule has 0 saturated carbocycles. The minimum atomic E-state index is -0.402. The number of aryl methyl sites for hydroxylation is 1. The molecule has 1 fully saturated rings. The molecule has 1 aromatic carbocycles. The molecule has 37 heavy (non-hydrogen) atoms. The molecule has 0 bridgehead atoms. The van der Waals surface area contributed by atoms with Crippen molar-refractivity contribution in [3.05, 3.63) is 23.8 Å². The summed E-state index contributed by atoms with van der Waals surface area (Å²) in [5.41, 5.74) is 0.846. The number of hydrogen-bond donors (Lipinski definition) is 2. The van der Waals surface area contributed by atoms with Gasteiger partial charge in [0.05, 0.1) is 25.2 Å². The van der Waals surface area contributed by atoms with Crippen LogP contribution in [0.1, 0.15) is 71.8 Å². The molecule has 0 aromatic heterocycles. The van der Waals surface area contributed by atoms with Crippen molar-refractivity contribution in [3.63, 3.8) is 0 Å². The molecule has 0 spiro atoms. The van der Waals surface area contributed by atoms with Crippen LogP contribution in [0.15, 0.2) is 18.2 Å². The number of rotatable bonds is 18. The molecule has 1 atom stereocenters. The Labute approximate surface area is 228 Å². The van der Waals surface area contributed by atoms with Crippen LogP contribution in [0, 0.1) is 17.3 Å². The van der Waals surface area contributed by atoms with Crippen molar-refractivity contribution in [1.29, 1.82) is 0 Å². The molecule has 0 unspecified atom stereocenters. The molecule has 7 nitrogen and oxygen atoms in total. The molecule has 2 N–H and O–H groups in total. The van der Waals surface area contributed by atoms with Gasteiger partial charge in [0.25, 0.3) is 5.24 Å². The normalized spacial score (nSPS) is 15.8. The maximum atomic E-state index is 13.4. The summed E-state index contributed by atoms with van der Waals surface area (Å²) in [7, 11) is 3.36. The quantitative estimate of drug-likeness (QED) is 0.229. The average molecular weight is 537 g/mol. The van der Waals surface area contributed by atoms with Gasteiger partial charge in [-0.25, -0.2) is 0 Å². The van der Waals surface area contributed by atoms with Crippen LogP contribution in [0.3, 0.4) is 0 Å². The molecule has 2 rings (SSSR count). The maximum Gasteiger partial charge on any atom is 0.279 e. The van der Waals surface area contributed by atoms with E-state index in [1.54, 1.807) is 14.2 Å². The summed E-state index contributed by atoms with van der Waals surface area (Å²) in [4.78, 5) is 24.9. The Morgan fingerprint density at radius 3 is 2.41 bits per heavy atom. The van der Waals surface area contributed by atoms with E-state index in [9.17, 15) is 9.59 Å². The van der Waals surface area contributed by atoms with Gasteiger partial charge >= 0.3 is 0 Å². The third-order valence-corrected chi connectivity index (χ3v) is 8.46. The smallest absolute Gasteiger partial charge is 0.279 e. The first-order valence-electron chi connectivity index (χ1n) is 13.7. The van der Waals surface area contributed by atoms with Gasteiger partial charge in [0, 0.05) is 32.4 Å². The summed E-state index contributed by atoms with van der Waals surface area (Å²) in [6.45, 7) is 10.4. The number of carbonyl (C=O) groups excluding carboxylic acids is 2. The lowest BCUT2D eigenvalue weighted by atomic mass is 9.65. The van der Waals surface area contributed by atoms with Crippen LogP contribution in [0.2, 0.25) is 0 Å². The predicted molar refractivity (Wildman–Crippen MR) is 152 cm³/mol. The summed E-state index contributed by atoms with van der Waals surface area (Å²) >= 11 is 1.29. The van der Waals surface area contributed by atoms with E-state index in [0.717, 1.165) is 56.4 Å². The van der Waals surface area contributed by atoms with Gasteiger partial charge in [-0.1, -0.05) is 64.8 Å². The molecule has 1 aliphatic rings. The van der Waals surface area contributed by atoms with Crippen LogP contribution in [-0.4, -0.2) is 56.9 Å². The van der Waals surface area contributed by atoms with Crippen molar-refractivity contribution in [2.45, 2.75) is 78.7 Å². The van der Waals surface area contributed by atoms with Gasteiger partial charge in [-0.2, -0.15) is 0 Å². The molecule has 210 valence electrons. The summed E-state index contributed by atoms with van der Waals surface area (Å²) in [5, 5.41) is 6.07. The molecule has 8 heteroatoms. The molecule has 1 saturated heterocycles. The Morgan fingerprint density at radius 1 is 1.05 bits per heavy atom. The van der Waals surface area contributed by atoms with Gasteiger partial charge in [0.15, 0.2) is 11.5 Å². The number of methoxy groups -OCH3 is 2. The molecular weight excluding hydrogens is 488 g/mol. The Hall–Kier alpha value is -1.93. The van der Waals surface area contributed by atoms with E-state index in [1.165, 1.54) is 17.3 Å². The zero-order valence-electron chi connectivity index (χ0n) is 23.7. The van der Waals surface area contributed by atoms with Crippen LogP contribution < -0.4 is 20.1 Å². The van der Waals surface area contributed by atoms with Crippen LogP contribution in [-0.2, 0) is 16.0 Å². The van der Waals surface area contributed by atoms with E-state index in [0.29, 0.717) is 25.5 Å². The predicted octanol–water partition coefficient (Wildman–Crippen LogP) is 5.84. The Bertz CT molecular complexity index is 838. The lowest BCUT2D eigenvalue weighted by Gasteiger charge is -2.40. The molecule has 1 heterocycles. The number of ether oxygens (including phenoxy) is 3. The van der Waals surface area contributed by atoms with Crippen LogP contribution in [0.25, 0.3) is 0 Å². The van der Waals surface area contributed by atoms with E-state index in [4.69, 9.17) is 14.2 Å². The highest BCUT2D eigenvalue weighted by Crippen LogP contribution is 2.41. The molecule has 2 amide bonds. The number of amides is 2. The van der Waals surface area contributed by atoms with Crippen LogP contribution in [0.5, 0.6) is 11.5 Å². The van der Waals surface area contributed by atoms with Crippen molar-refractivity contribution in [2.75, 3.05) is 39.7 Å². The molecule has 1 aliphatic heterocycles. The highest BCUT2D eigenvalue weighted by atomic mass is 32.2. The second-order valence-electron chi connectivity index (χ2n) is 10.6. The summed E-state index contributed by atoms with van der Waals surface area (Å²) in [5.74, 6) is 2.86. The lowest BCUT2D eigenvalue weighted by molar-refractivity contribution is -0.137. The van der Waals surface area contributed by atoms with Gasteiger partial charge in [-0.3, -0.25) is 9.59 Å². The first kappa shape index (κ1) is 31.3. The topological polar surface area (TPSA) is 85.9 Å². The Balaban J connectivity index is 1.83. The first-order chi connectivity index (χ1) is 17.7. The largest absolute Gasteiger partial charge is 0.493 e. The van der Waals surface area contributed by atoms with E-state index in [1.807, 2.05) is 6.07 Å². The van der Waals surface area contributed by atoms with E-state index in [2.05, 4.69) is 50.5 Å². The van der Waals surface area contributed by atoms with Gasteiger partial charge < -0.3 is 24.8 Å². The van der Waals surface area contributed by atoms with Crippen molar-refractivity contribution in [3.8, 4) is 11.5 Å². The number of unbranched alkanes of at least 4 members (excludes halogenated alkanes) is 3. The highest BCUT2D eigenvalue weighted by molar-refractivity contribution is 8.13. The Kier molecular flexibility index (Phi) is 13.6. The lowest BCUT2D eigenvalue weighted by Crippen LogP contribution is -2.51. The summed E-state index contributed by atoms with van der Waals surface area (Å²) < 4.78 is 16.5. The summed E-state index contributed by atoms with van der Waals surface area (Å²) in [6, 6.07) is 6.20. The second-order valence-corrected chi connectivity index (χ2v) is 11.6. The van der Waals surface area contributed by atoms with Crippen molar-refractivity contribution in [1.82, 2.24) is 10.6 Å². The number of thioether (sulfide) groups is 1.